The topological polar surface area (TPSA) is 9.23 Å². The van der Waals surface area contributed by atoms with Gasteiger partial charge in [-0.2, -0.15) is 0 Å². The SMILES string of the molecule is CCOC1CC(CC(Br)c2c(F)cc(F)cc2F)C1. The van der Waals surface area contributed by atoms with Crippen LogP contribution in [0.3, 0.4) is 0 Å². The number of rotatable bonds is 5. The number of halogens is 4. The van der Waals surface area contributed by atoms with Crippen LogP contribution in [0.2, 0.25) is 0 Å². The predicted octanol–water partition coefficient (Wildman–Crippen LogP) is 4.75. The molecule has 0 aliphatic heterocycles. The molecule has 0 spiro atoms. The highest BCUT2D eigenvalue weighted by Crippen LogP contribution is 2.41. The molecule has 1 fully saturated rings. The number of benzene rings is 1. The maximum atomic E-state index is 13.6. The molecule has 1 aromatic carbocycles. The van der Waals surface area contributed by atoms with E-state index in [0.29, 0.717) is 18.9 Å². The van der Waals surface area contributed by atoms with Gasteiger partial charge in [0.05, 0.1) is 6.10 Å². The predicted molar refractivity (Wildman–Crippen MR) is 70.7 cm³/mol. The van der Waals surface area contributed by atoms with E-state index in [1.54, 1.807) is 0 Å². The maximum Gasteiger partial charge on any atom is 0.133 e. The molecule has 5 heteroatoms. The Labute approximate surface area is 119 Å². The van der Waals surface area contributed by atoms with Crippen LogP contribution in [0.4, 0.5) is 13.2 Å². The van der Waals surface area contributed by atoms with E-state index in [4.69, 9.17) is 4.74 Å². The summed E-state index contributed by atoms with van der Waals surface area (Å²) in [6.07, 6.45) is 2.74. The van der Waals surface area contributed by atoms with E-state index >= 15 is 0 Å². The zero-order valence-electron chi connectivity index (χ0n) is 10.6. The van der Waals surface area contributed by atoms with Crippen molar-refractivity contribution in [3.8, 4) is 0 Å². The first-order chi connectivity index (χ1) is 9.01. The van der Waals surface area contributed by atoms with Gasteiger partial charge in [0.25, 0.3) is 0 Å². The Morgan fingerprint density at radius 3 is 2.37 bits per heavy atom. The third-order valence-corrected chi connectivity index (χ3v) is 4.32. The summed E-state index contributed by atoms with van der Waals surface area (Å²) >= 11 is 3.30. The minimum atomic E-state index is -0.890. The number of hydrogen-bond acceptors (Lipinski definition) is 1. The standard InChI is InChI=1S/C14H16BrF3O/c1-2-19-10-3-8(4-10)5-11(15)14-12(17)6-9(16)7-13(14)18/h6-8,10-11H,2-5H2,1H3. The Bertz CT molecular complexity index is 423. The van der Waals surface area contributed by atoms with Gasteiger partial charge in [0, 0.05) is 29.1 Å². The van der Waals surface area contributed by atoms with Gasteiger partial charge >= 0.3 is 0 Å². The van der Waals surface area contributed by atoms with Crippen molar-refractivity contribution in [2.45, 2.75) is 37.1 Å². The highest BCUT2D eigenvalue weighted by molar-refractivity contribution is 9.09. The van der Waals surface area contributed by atoms with E-state index in [-0.39, 0.29) is 11.7 Å². The maximum absolute atomic E-state index is 13.6. The minimum Gasteiger partial charge on any atom is -0.378 e. The Balaban J connectivity index is 1.96. The van der Waals surface area contributed by atoms with Gasteiger partial charge in [-0.1, -0.05) is 15.9 Å². The first-order valence-corrected chi connectivity index (χ1v) is 7.33. The second-order valence-electron chi connectivity index (χ2n) is 4.90. The average molecular weight is 337 g/mol. The van der Waals surface area contributed by atoms with Crippen LogP contribution in [0.5, 0.6) is 0 Å². The molecule has 2 rings (SSSR count). The molecule has 0 bridgehead atoms. The van der Waals surface area contributed by atoms with Gasteiger partial charge < -0.3 is 4.74 Å². The molecule has 106 valence electrons. The molecule has 0 saturated heterocycles. The van der Waals surface area contributed by atoms with Crippen LogP contribution in [0.1, 0.15) is 36.6 Å². The van der Waals surface area contributed by atoms with Gasteiger partial charge in [0.15, 0.2) is 0 Å². The summed E-state index contributed by atoms with van der Waals surface area (Å²) in [5.74, 6) is -2.16. The lowest BCUT2D eigenvalue weighted by atomic mass is 9.78. The van der Waals surface area contributed by atoms with Gasteiger partial charge in [-0.05, 0) is 32.1 Å². The Morgan fingerprint density at radius 2 is 1.84 bits per heavy atom. The van der Waals surface area contributed by atoms with E-state index in [1.165, 1.54) is 0 Å². The molecular formula is C14H16BrF3O. The molecule has 0 amide bonds. The number of ether oxygens (including phenoxy) is 1. The van der Waals surface area contributed by atoms with Crippen LogP contribution in [0.25, 0.3) is 0 Å². The normalized spacial score (nSPS) is 24.1. The fourth-order valence-corrected chi connectivity index (χ4v) is 3.47. The summed E-state index contributed by atoms with van der Waals surface area (Å²) in [6.45, 7) is 2.64. The highest BCUT2D eigenvalue weighted by atomic mass is 79.9. The summed E-state index contributed by atoms with van der Waals surface area (Å²) in [5, 5.41) is 0. The molecule has 0 radical (unpaired) electrons. The molecule has 0 heterocycles. The lowest BCUT2D eigenvalue weighted by Gasteiger charge is -2.36. The minimum absolute atomic E-state index is 0.0822. The van der Waals surface area contributed by atoms with Gasteiger partial charge in [-0.25, -0.2) is 13.2 Å². The second-order valence-corrected chi connectivity index (χ2v) is 6.01. The summed E-state index contributed by atoms with van der Waals surface area (Å²) in [7, 11) is 0. The van der Waals surface area contributed by atoms with Crippen molar-refractivity contribution in [2.75, 3.05) is 6.61 Å². The van der Waals surface area contributed by atoms with Crippen molar-refractivity contribution in [2.24, 2.45) is 5.92 Å². The van der Waals surface area contributed by atoms with Gasteiger partial charge in [0.1, 0.15) is 17.5 Å². The van der Waals surface area contributed by atoms with Crippen LogP contribution >= 0.6 is 15.9 Å². The van der Waals surface area contributed by atoms with E-state index in [2.05, 4.69) is 15.9 Å². The van der Waals surface area contributed by atoms with Crippen molar-refractivity contribution < 1.29 is 17.9 Å². The number of alkyl halides is 1. The third kappa shape index (κ3) is 3.51. The first kappa shape index (κ1) is 14.9. The third-order valence-electron chi connectivity index (χ3n) is 3.49. The van der Waals surface area contributed by atoms with Crippen molar-refractivity contribution in [3.05, 3.63) is 35.1 Å². The molecule has 19 heavy (non-hydrogen) atoms. The molecule has 0 aromatic heterocycles. The molecule has 1 aliphatic carbocycles. The van der Waals surface area contributed by atoms with E-state index in [9.17, 15) is 13.2 Å². The van der Waals surface area contributed by atoms with Crippen molar-refractivity contribution in [1.82, 2.24) is 0 Å². The molecule has 0 N–H and O–H groups in total. The molecular weight excluding hydrogens is 321 g/mol. The average Bonchev–Trinajstić information content (AvgIpc) is 2.24. The van der Waals surface area contributed by atoms with Crippen LogP contribution in [-0.4, -0.2) is 12.7 Å². The lowest BCUT2D eigenvalue weighted by molar-refractivity contribution is -0.0265. The summed E-state index contributed by atoms with van der Waals surface area (Å²) in [5.41, 5.74) is -0.0822. The first-order valence-electron chi connectivity index (χ1n) is 6.41. The molecule has 1 aromatic rings. The summed E-state index contributed by atoms with van der Waals surface area (Å²) < 4.78 is 45.5. The van der Waals surface area contributed by atoms with E-state index in [0.717, 1.165) is 25.0 Å². The van der Waals surface area contributed by atoms with Crippen LogP contribution in [0, 0.1) is 23.4 Å². The van der Waals surface area contributed by atoms with Crippen molar-refractivity contribution >= 4 is 15.9 Å². The largest absolute Gasteiger partial charge is 0.378 e. The smallest absolute Gasteiger partial charge is 0.133 e. The summed E-state index contributed by atoms with van der Waals surface area (Å²) in [6, 6.07) is 1.44. The van der Waals surface area contributed by atoms with Gasteiger partial charge in [-0.15, -0.1) is 0 Å². The van der Waals surface area contributed by atoms with Crippen molar-refractivity contribution in [1.29, 1.82) is 0 Å². The van der Waals surface area contributed by atoms with Gasteiger partial charge in [0.2, 0.25) is 0 Å². The molecule has 1 atom stereocenters. The molecule has 1 aliphatic rings. The second kappa shape index (κ2) is 6.27. The molecule has 1 unspecified atom stereocenters. The molecule has 1 saturated carbocycles. The van der Waals surface area contributed by atoms with Gasteiger partial charge in [-0.3, -0.25) is 0 Å². The Kier molecular flexibility index (Phi) is 4.90. The van der Waals surface area contributed by atoms with Crippen LogP contribution in [-0.2, 0) is 4.74 Å². The molecule has 1 nitrogen and oxygen atoms in total. The van der Waals surface area contributed by atoms with Crippen molar-refractivity contribution in [3.63, 3.8) is 0 Å². The Hall–Kier alpha value is -0.550. The zero-order valence-corrected chi connectivity index (χ0v) is 12.2. The van der Waals surface area contributed by atoms with E-state index < -0.39 is 22.3 Å². The fourth-order valence-electron chi connectivity index (χ4n) is 2.50. The highest BCUT2D eigenvalue weighted by Gasteiger charge is 2.32. The van der Waals surface area contributed by atoms with Crippen LogP contribution in [0.15, 0.2) is 12.1 Å². The zero-order chi connectivity index (χ0) is 14.0. The van der Waals surface area contributed by atoms with Crippen LogP contribution < -0.4 is 0 Å². The van der Waals surface area contributed by atoms with E-state index in [1.807, 2.05) is 6.92 Å². The quantitative estimate of drug-likeness (QED) is 0.705. The monoisotopic (exact) mass is 336 g/mol. The Morgan fingerprint density at radius 1 is 1.26 bits per heavy atom. The summed E-state index contributed by atoms with van der Waals surface area (Å²) in [4.78, 5) is -0.430. The lowest BCUT2D eigenvalue weighted by Crippen LogP contribution is -2.32. The fraction of sp³-hybridized carbons (Fsp3) is 0.571. The number of hydrogen-bond donors (Lipinski definition) is 0.